The van der Waals surface area contributed by atoms with E-state index in [1.54, 1.807) is 48.5 Å². The molecule has 2 amide bonds. The highest BCUT2D eigenvalue weighted by Gasteiger charge is 2.39. The molecule has 1 aliphatic rings. The van der Waals surface area contributed by atoms with Crippen molar-refractivity contribution < 1.29 is 35.9 Å². The van der Waals surface area contributed by atoms with Crippen molar-refractivity contribution in [1.29, 1.82) is 0 Å². The second kappa shape index (κ2) is 11.9. The number of piperidine rings is 1. The molecule has 3 aromatic carbocycles. The lowest BCUT2D eigenvalue weighted by Gasteiger charge is -2.40. The molecule has 4 aromatic rings. The first kappa shape index (κ1) is 30.3. The number of likely N-dealkylation sites (tertiary alicyclic amines) is 1. The number of nitrogens with zero attached hydrogens (tertiary/aromatic N) is 2. The summed E-state index contributed by atoms with van der Waals surface area (Å²) < 4.78 is 80.9. The minimum absolute atomic E-state index is 0.00914. The summed E-state index contributed by atoms with van der Waals surface area (Å²) in [7, 11) is 0. The van der Waals surface area contributed by atoms with Crippen LogP contribution in [-0.4, -0.2) is 40.3 Å². The monoisotopic (exact) mass is 619 g/mol. The molecule has 1 aromatic heterocycles. The lowest BCUT2D eigenvalue weighted by molar-refractivity contribution is -0.143. The normalized spacial score (nSPS) is 17.6. The smallest absolute Gasteiger partial charge is 0.348 e. The minimum Gasteiger partial charge on any atom is -0.348 e. The summed E-state index contributed by atoms with van der Waals surface area (Å²) in [4.78, 5) is 32.3. The standard InChI is InChI=1S/C31H24ClF6N3O2/c32-23-8-5-18(6-9-23)13-25-17-24(39-28(42)27-10-7-19-3-1-2-4-26(19)40-27)11-12-41(25)29(43)20-14-21(30(33,34)35)16-22(15-20)31(36,37)38/h1-10,14-16,24-25H,11-13,17H2,(H,39,42)/t24-,25+/m0/s1. The largest absolute Gasteiger partial charge is 0.416 e. The number of amides is 2. The SMILES string of the molecule is O=C(N[C@H]1CCN(C(=O)c2cc(C(F)(F)F)cc(C(F)(F)F)c2)[C@H](Cc2ccc(Cl)cc2)C1)c1ccc2ccccc2n1. The van der Waals surface area contributed by atoms with E-state index in [1.165, 1.54) is 4.90 Å². The number of alkyl halides is 6. The molecule has 5 nitrogen and oxygen atoms in total. The molecule has 1 fully saturated rings. The van der Waals surface area contributed by atoms with Gasteiger partial charge in [-0.3, -0.25) is 9.59 Å². The van der Waals surface area contributed by atoms with Crippen LogP contribution in [0.25, 0.3) is 10.9 Å². The van der Waals surface area contributed by atoms with E-state index in [9.17, 15) is 35.9 Å². The van der Waals surface area contributed by atoms with E-state index in [1.807, 2.05) is 12.1 Å². The molecular weight excluding hydrogens is 596 g/mol. The summed E-state index contributed by atoms with van der Waals surface area (Å²) in [5.41, 5.74) is -2.28. The summed E-state index contributed by atoms with van der Waals surface area (Å²) in [6, 6.07) is 17.1. The third-order valence-electron chi connectivity index (χ3n) is 7.36. The van der Waals surface area contributed by atoms with Crippen LogP contribution in [0.15, 0.2) is 78.9 Å². The summed E-state index contributed by atoms with van der Waals surface area (Å²) in [6.07, 6.45) is -9.51. The Morgan fingerprint density at radius 1 is 0.884 bits per heavy atom. The fraction of sp³-hybridized carbons (Fsp3) is 0.258. The molecule has 2 atom stereocenters. The van der Waals surface area contributed by atoms with E-state index in [4.69, 9.17) is 11.6 Å². The number of hydrogen-bond acceptors (Lipinski definition) is 3. The highest BCUT2D eigenvalue weighted by Crippen LogP contribution is 2.37. The number of para-hydroxylation sites is 1. The molecule has 224 valence electrons. The van der Waals surface area contributed by atoms with Gasteiger partial charge in [-0.25, -0.2) is 4.98 Å². The van der Waals surface area contributed by atoms with E-state index >= 15 is 0 Å². The molecule has 2 heterocycles. The molecular formula is C31H24ClF6N3O2. The predicted octanol–water partition coefficient (Wildman–Crippen LogP) is 7.57. The van der Waals surface area contributed by atoms with Crippen molar-refractivity contribution in [3.8, 4) is 0 Å². The molecule has 0 aliphatic carbocycles. The summed E-state index contributed by atoms with van der Waals surface area (Å²) in [5.74, 6) is -1.40. The topological polar surface area (TPSA) is 62.3 Å². The maximum Gasteiger partial charge on any atom is 0.416 e. The van der Waals surface area contributed by atoms with Crippen molar-refractivity contribution in [3.63, 3.8) is 0 Å². The summed E-state index contributed by atoms with van der Waals surface area (Å²) >= 11 is 5.99. The van der Waals surface area contributed by atoms with Gasteiger partial charge in [0.15, 0.2) is 0 Å². The Balaban J connectivity index is 1.41. The third-order valence-corrected chi connectivity index (χ3v) is 7.61. The molecule has 1 N–H and O–H groups in total. The average Bonchev–Trinajstić information content (AvgIpc) is 2.97. The molecule has 43 heavy (non-hydrogen) atoms. The van der Waals surface area contributed by atoms with Crippen molar-refractivity contribution in [3.05, 3.63) is 112 Å². The number of halogens is 7. The van der Waals surface area contributed by atoms with Gasteiger partial charge < -0.3 is 10.2 Å². The Kier molecular flexibility index (Phi) is 8.38. The van der Waals surface area contributed by atoms with Crippen molar-refractivity contribution in [2.24, 2.45) is 0 Å². The van der Waals surface area contributed by atoms with Crippen LogP contribution in [0, 0.1) is 0 Å². The lowest BCUT2D eigenvalue weighted by atomic mass is 9.91. The lowest BCUT2D eigenvalue weighted by Crippen LogP contribution is -2.52. The molecule has 0 spiro atoms. The minimum atomic E-state index is -5.09. The van der Waals surface area contributed by atoms with E-state index < -0.39 is 52.9 Å². The van der Waals surface area contributed by atoms with Crippen LogP contribution in [-0.2, 0) is 18.8 Å². The number of pyridine rings is 1. The van der Waals surface area contributed by atoms with Crippen molar-refractivity contribution >= 4 is 34.3 Å². The van der Waals surface area contributed by atoms with Crippen molar-refractivity contribution in [2.45, 2.75) is 43.7 Å². The van der Waals surface area contributed by atoms with Crippen LogP contribution in [0.2, 0.25) is 5.02 Å². The highest BCUT2D eigenvalue weighted by atomic mass is 35.5. The first-order chi connectivity index (χ1) is 20.3. The number of carbonyl (C=O) groups is 2. The molecule has 1 aliphatic heterocycles. The van der Waals surface area contributed by atoms with Crippen LogP contribution >= 0.6 is 11.6 Å². The van der Waals surface area contributed by atoms with Crippen molar-refractivity contribution in [1.82, 2.24) is 15.2 Å². The zero-order valence-corrected chi connectivity index (χ0v) is 23.1. The molecule has 5 rings (SSSR count). The fourth-order valence-electron chi connectivity index (χ4n) is 5.23. The number of benzene rings is 3. The number of aromatic nitrogens is 1. The van der Waals surface area contributed by atoms with Gasteiger partial charge >= 0.3 is 12.4 Å². The van der Waals surface area contributed by atoms with Crippen molar-refractivity contribution in [2.75, 3.05) is 6.54 Å². The number of nitrogens with one attached hydrogen (secondary N) is 1. The van der Waals surface area contributed by atoms with Gasteiger partial charge in [0.1, 0.15) is 5.69 Å². The van der Waals surface area contributed by atoms with Crippen LogP contribution in [0.3, 0.4) is 0 Å². The van der Waals surface area contributed by atoms with Crippen LogP contribution in [0.4, 0.5) is 26.3 Å². The van der Waals surface area contributed by atoms with Gasteiger partial charge in [0.2, 0.25) is 0 Å². The highest BCUT2D eigenvalue weighted by molar-refractivity contribution is 6.30. The maximum atomic E-state index is 13.6. The molecule has 1 saturated heterocycles. The first-order valence-electron chi connectivity index (χ1n) is 13.3. The first-order valence-corrected chi connectivity index (χ1v) is 13.7. The third kappa shape index (κ3) is 7.10. The molecule has 0 unspecified atom stereocenters. The Labute approximate surface area is 247 Å². The summed E-state index contributed by atoms with van der Waals surface area (Å²) in [5, 5.41) is 4.25. The van der Waals surface area contributed by atoms with E-state index in [0.29, 0.717) is 22.7 Å². The van der Waals surface area contributed by atoms with Crippen LogP contribution in [0.5, 0.6) is 0 Å². The molecule has 0 radical (unpaired) electrons. The maximum absolute atomic E-state index is 13.6. The Bertz CT molecular complexity index is 1620. The zero-order chi connectivity index (χ0) is 30.9. The van der Waals surface area contributed by atoms with Gasteiger partial charge in [0.25, 0.3) is 11.8 Å². The van der Waals surface area contributed by atoms with Gasteiger partial charge in [-0.1, -0.05) is 48.0 Å². The van der Waals surface area contributed by atoms with Crippen LogP contribution < -0.4 is 5.32 Å². The second-order valence-electron chi connectivity index (χ2n) is 10.4. The van der Waals surface area contributed by atoms with Gasteiger partial charge in [0, 0.05) is 34.6 Å². The van der Waals surface area contributed by atoms with Crippen LogP contribution in [0.1, 0.15) is 50.4 Å². The van der Waals surface area contributed by atoms with E-state index in [2.05, 4.69) is 10.3 Å². The predicted molar refractivity (Wildman–Crippen MR) is 149 cm³/mol. The Morgan fingerprint density at radius 3 is 2.19 bits per heavy atom. The molecule has 0 bridgehead atoms. The molecule has 0 saturated carbocycles. The number of hydrogen-bond donors (Lipinski definition) is 1. The second-order valence-corrected chi connectivity index (χ2v) is 10.8. The van der Waals surface area contributed by atoms with Gasteiger partial charge in [0.05, 0.1) is 16.6 Å². The fourth-order valence-corrected chi connectivity index (χ4v) is 5.36. The van der Waals surface area contributed by atoms with E-state index in [0.717, 1.165) is 10.9 Å². The number of fused-ring (bicyclic) bond motifs is 1. The average molecular weight is 620 g/mol. The molecule has 12 heteroatoms. The Morgan fingerprint density at radius 2 is 1.53 bits per heavy atom. The number of rotatable bonds is 5. The van der Waals surface area contributed by atoms with Gasteiger partial charge in [-0.2, -0.15) is 26.3 Å². The summed E-state index contributed by atoms with van der Waals surface area (Å²) in [6.45, 7) is -0.00914. The zero-order valence-electron chi connectivity index (χ0n) is 22.3. The van der Waals surface area contributed by atoms with Gasteiger partial charge in [-0.05, 0) is 67.3 Å². The van der Waals surface area contributed by atoms with Gasteiger partial charge in [-0.15, -0.1) is 0 Å². The quantitative estimate of drug-likeness (QED) is 0.234. The van der Waals surface area contributed by atoms with E-state index in [-0.39, 0.29) is 37.6 Å². The number of carbonyl (C=O) groups excluding carboxylic acids is 2. The Hall–Kier alpha value is -4.12.